The highest BCUT2D eigenvalue weighted by Gasteiger charge is 2.27. The molecule has 0 aliphatic carbocycles. The summed E-state index contributed by atoms with van der Waals surface area (Å²) in [6.45, 7) is 11.7. The molecule has 0 heterocycles. The molecule has 1 aromatic rings. The first kappa shape index (κ1) is 16.5. The number of hydrogen-bond acceptors (Lipinski definition) is 3. The first-order chi connectivity index (χ1) is 9.11. The Labute approximate surface area is 121 Å². The third-order valence-electron chi connectivity index (χ3n) is 3.04. The second kappa shape index (κ2) is 6.27. The third-order valence-corrected chi connectivity index (χ3v) is 3.04. The molecule has 112 valence electrons. The molecule has 0 radical (unpaired) electrons. The van der Waals surface area contributed by atoms with Crippen molar-refractivity contribution in [2.75, 3.05) is 5.32 Å². The molecule has 0 aliphatic heterocycles. The molecular weight excluding hydrogens is 252 g/mol. The van der Waals surface area contributed by atoms with E-state index in [9.17, 15) is 4.79 Å². The van der Waals surface area contributed by atoms with Crippen LogP contribution in [0.4, 0.5) is 5.69 Å². The van der Waals surface area contributed by atoms with E-state index >= 15 is 0 Å². The van der Waals surface area contributed by atoms with Crippen molar-refractivity contribution in [2.24, 2.45) is 11.1 Å². The first-order valence-electron chi connectivity index (χ1n) is 6.95. The van der Waals surface area contributed by atoms with Crippen LogP contribution < -0.4 is 15.8 Å². The van der Waals surface area contributed by atoms with Crippen molar-refractivity contribution < 1.29 is 9.53 Å². The molecule has 0 bridgehead atoms. The van der Waals surface area contributed by atoms with Crippen molar-refractivity contribution in [2.45, 2.75) is 53.7 Å². The minimum Gasteiger partial charge on any atom is -0.491 e. The number of ether oxygens (including phenoxy) is 1. The molecule has 3 N–H and O–H groups in total. The fourth-order valence-electron chi connectivity index (χ4n) is 1.73. The summed E-state index contributed by atoms with van der Waals surface area (Å²) in [5.74, 6) is 0.633. The minimum atomic E-state index is -0.548. The van der Waals surface area contributed by atoms with Crippen LogP contribution in [0, 0.1) is 12.3 Å². The second-order valence-electron chi connectivity index (χ2n) is 6.48. The van der Waals surface area contributed by atoms with E-state index in [2.05, 4.69) is 5.32 Å². The number of nitrogens with two attached hydrogens (primary N) is 1. The van der Waals surface area contributed by atoms with Crippen LogP contribution in [0.5, 0.6) is 5.75 Å². The van der Waals surface area contributed by atoms with Gasteiger partial charge in [0.1, 0.15) is 5.75 Å². The molecule has 0 spiro atoms. The predicted molar refractivity (Wildman–Crippen MR) is 83.0 cm³/mol. The number of hydrogen-bond donors (Lipinski definition) is 2. The number of amides is 1. The maximum Gasteiger partial charge on any atom is 0.241 e. The number of nitrogens with one attached hydrogen (secondary N) is 1. The van der Waals surface area contributed by atoms with Crippen molar-refractivity contribution in [3.05, 3.63) is 23.8 Å². The normalized spacial score (nSPS) is 13.2. The van der Waals surface area contributed by atoms with Crippen molar-refractivity contribution >= 4 is 11.6 Å². The van der Waals surface area contributed by atoms with E-state index in [1.807, 2.05) is 59.7 Å². The summed E-state index contributed by atoms with van der Waals surface area (Å²) in [6.07, 6.45) is 0.129. The van der Waals surface area contributed by atoms with E-state index in [-0.39, 0.29) is 17.4 Å². The Morgan fingerprint density at radius 3 is 2.35 bits per heavy atom. The minimum absolute atomic E-state index is 0.129. The molecule has 1 amide bonds. The van der Waals surface area contributed by atoms with Gasteiger partial charge in [0.25, 0.3) is 0 Å². The molecule has 0 saturated carbocycles. The van der Waals surface area contributed by atoms with E-state index in [0.29, 0.717) is 0 Å². The maximum absolute atomic E-state index is 12.1. The number of anilines is 1. The summed E-state index contributed by atoms with van der Waals surface area (Å²) in [7, 11) is 0. The van der Waals surface area contributed by atoms with Gasteiger partial charge in [0.2, 0.25) is 5.91 Å². The monoisotopic (exact) mass is 278 g/mol. The molecule has 4 heteroatoms. The highest BCUT2D eigenvalue weighted by molar-refractivity contribution is 5.95. The average molecular weight is 278 g/mol. The van der Waals surface area contributed by atoms with E-state index in [0.717, 1.165) is 17.0 Å². The lowest BCUT2D eigenvalue weighted by Crippen LogP contribution is -2.45. The Hall–Kier alpha value is -1.55. The zero-order valence-corrected chi connectivity index (χ0v) is 13.3. The second-order valence-corrected chi connectivity index (χ2v) is 6.48. The Kier molecular flexibility index (Phi) is 5.17. The van der Waals surface area contributed by atoms with Gasteiger partial charge < -0.3 is 15.8 Å². The molecule has 0 aromatic heterocycles. The van der Waals surface area contributed by atoms with Gasteiger partial charge >= 0.3 is 0 Å². The highest BCUT2D eigenvalue weighted by Crippen LogP contribution is 2.24. The Balaban J connectivity index is 2.81. The number of carbonyl (C=O) groups is 1. The summed E-state index contributed by atoms with van der Waals surface area (Å²) in [6, 6.07) is 5.07. The Morgan fingerprint density at radius 1 is 1.30 bits per heavy atom. The van der Waals surface area contributed by atoms with Crippen LogP contribution in [0.1, 0.15) is 40.2 Å². The van der Waals surface area contributed by atoms with Gasteiger partial charge in [0.15, 0.2) is 0 Å². The lowest BCUT2D eigenvalue weighted by Gasteiger charge is -2.26. The lowest BCUT2D eigenvalue weighted by molar-refractivity contribution is -0.119. The van der Waals surface area contributed by atoms with Gasteiger partial charge in [0, 0.05) is 5.69 Å². The molecular formula is C16H26N2O2. The molecule has 1 atom stereocenters. The van der Waals surface area contributed by atoms with Gasteiger partial charge in [-0.3, -0.25) is 4.79 Å². The highest BCUT2D eigenvalue weighted by atomic mass is 16.5. The summed E-state index contributed by atoms with van der Waals surface area (Å²) in [5.41, 5.74) is 7.41. The number of rotatable bonds is 4. The predicted octanol–water partition coefficient (Wildman–Crippen LogP) is 3.09. The quantitative estimate of drug-likeness (QED) is 0.889. The van der Waals surface area contributed by atoms with Crippen LogP contribution in [-0.2, 0) is 4.79 Å². The van der Waals surface area contributed by atoms with Crippen LogP contribution in [0.15, 0.2) is 18.2 Å². The Morgan fingerprint density at radius 2 is 1.90 bits per heavy atom. The summed E-state index contributed by atoms with van der Waals surface area (Å²) in [4.78, 5) is 12.1. The average Bonchev–Trinajstić information content (AvgIpc) is 2.29. The molecule has 1 unspecified atom stereocenters. The van der Waals surface area contributed by atoms with E-state index in [1.54, 1.807) is 0 Å². The van der Waals surface area contributed by atoms with Crippen LogP contribution in [0.3, 0.4) is 0 Å². The Bertz CT molecular complexity index is 476. The van der Waals surface area contributed by atoms with E-state index < -0.39 is 6.04 Å². The topological polar surface area (TPSA) is 64.3 Å². The zero-order valence-electron chi connectivity index (χ0n) is 13.3. The molecule has 1 aromatic carbocycles. The van der Waals surface area contributed by atoms with E-state index in [4.69, 9.17) is 10.5 Å². The van der Waals surface area contributed by atoms with Gasteiger partial charge in [-0.05, 0) is 49.9 Å². The summed E-state index contributed by atoms with van der Waals surface area (Å²) < 4.78 is 5.62. The number of carbonyl (C=O) groups excluding carboxylic acids is 1. The van der Waals surface area contributed by atoms with E-state index in [1.165, 1.54) is 0 Å². The fraction of sp³-hybridized carbons (Fsp3) is 0.562. The molecule has 4 nitrogen and oxygen atoms in total. The van der Waals surface area contributed by atoms with Crippen molar-refractivity contribution in [3.8, 4) is 5.75 Å². The van der Waals surface area contributed by atoms with Gasteiger partial charge in [0.05, 0.1) is 12.1 Å². The maximum atomic E-state index is 12.1. The van der Waals surface area contributed by atoms with Crippen molar-refractivity contribution in [3.63, 3.8) is 0 Å². The van der Waals surface area contributed by atoms with Crippen molar-refractivity contribution in [1.82, 2.24) is 0 Å². The van der Waals surface area contributed by atoms with Gasteiger partial charge in [-0.25, -0.2) is 0 Å². The van der Waals surface area contributed by atoms with Crippen LogP contribution >= 0.6 is 0 Å². The lowest BCUT2D eigenvalue weighted by atomic mass is 9.87. The van der Waals surface area contributed by atoms with Gasteiger partial charge in [-0.1, -0.05) is 20.8 Å². The number of benzene rings is 1. The van der Waals surface area contributed by atoms with Crippen LogP contribution in [0.25, 0.3) is 0 Å². The summed E-state index contributed by atoms with van der Waals surface area (Å²) in [5, 5.41) is 2.88. The largest absolute Gasteiger partial charge is 0.491 e. The van der Waals surface area contributed by atoms with Crippen molar-refractivity contribution in [1.29, 1.82) is 0 Å². The van der Waals surface area contributed by atoms with Crippen LogP contribution in [0.2, 0.25) is 0 Å². The smallest absolute Gasteiger partial charge is 0.241 e. The molecule has 0 fully saturated rings. The van der Waals surface area contributed by atoms with Gasteiger partial charge in [-0.15, -0.1) is 0 Å². The van der Waals surface area contributed by atoms with Crippen LogP contribution in [-0.4, -0.2) is 18.1 Å². The summed E-state index contributed by atoms with van der Waals surface area (Å²) >= 11 is 0. The van der Waals surface area contributed by atoms with Gasteiger partial charge in [-0.2, -0.15) is 0 Å². The standard InChI is InChI=1S/C16H26N2O2/c1-10(2)20-12-7-8-13(11(3)9-12)18-15(19)14(17)16(4,5)6/h7-10,14H,17H2,1-6H3,(H,18,19). The number of aryl methyl sites for hydroxylation is 1. The molecule has 0 aliphatic rings. The molecule has 20 heavy (non-hydrogen) atoms. The third kappa shape index (κ3) is 4.53. The zero-order chi connectivity index (χ0) is 15.5. The molecule has 1 rings (SSSR count). The first-order valence-corrected chi connectivity index (χ1v) is 6.95. The SMILES string of the molecule is Cc1cc(OC(C)C)ccc1NC(=O)C(N)C(C)(C)C. The molecule has 0 saturated heterocycles. The fourth-order valence-corrected chi connectivity index (χ4v) is 1.73.